The molecule has 0 aliphatic rings. The van der Waals surface area contributed by atoms with Crippen molar-refractivity contribution >= 4 is 21.8 Å². The Balaban J connectivity index is 2.56. The highest BCUT2D eigenvalue weighted by Crippen LogP contribution is 2.25. The topological polar surface area (TPSA) is 50.4 Å². The smallest absolute Gasteiger partial charge is 0.258 e. The van der Waals surface area contributed by atoms with Gasteiger partial charge in [-0.25, -0.2) is 0 Å². The largest absolute Gasteiger partial charge is 0.483 e. The van der Waals surface area contributed by atoms with Crippen molar-refractivity contribution in [3.05, 3.63) is 28.2 Å². The van der Waals surface area contributed by atoms with Gasteiger partial charge in [-0.3, -0.25) is 4.79 Å². The molecule has 0 heterocycles. The van der Waals surface area contributed by atoms with E-state index in [1.807, 2.05) is 46.0 Å². The fourth-order valence-corrected chi connectivity index (χ4v) is 2.11. The molecule has 1 rings (SSSR count). The minimum Gasteiger partial charge on any atom is -0.483 e. The maximum absolute atomic E-state index is 11.7. The third-order valence-corrected chi connectivity index (χ3v) is 2.87. The van der Waals surface area contributed by atoms with Gasteiger partial charge in [-0.15, -0.1) is 0 Å². The van der Waals surface area contributed by atoms with Gasteiger partial charge in [0.2, 0.25) is 0 Å². The van der Waals surface area contributed by atoms with E-state index in [1.54, 1.807) is 0 Å². The molecule has 0 radical (unpaired) electrons. The summed E-state index contributed by atoms with van der Waals surface area (Å²) in [6.07, 6.45) is 0. The van der Waals surface area contributed by atoms with Gasteiger partial charge < -0.3 is 15.4 Å². The summed E-state index contributed by atoms with van der Waals surface area (Å²) in [5.74, 6) is 0.544. The van der Waals surface area contributed by atoms with Crippen molar-refractivity contribution in [1.82, 2.24) is 10.6 Å². The molecule has 106 valence electrons. The van der Waals surface area contributed by atoms with Crippen molar-refractivity contribution in [3.63, 3.8) is 0 Å². The lowest BCUT2D eigenvalue weighted by atomic mass is 10.1. The number of ether oxygens (including phenoxy) is 1. The summed E-state index contributed by atoms with van der Waals surface area (Å²) < 4.78 is 6.35. The fraction of sp³-hybridized carbons (Fsp3) is 0.500. The van der Waals surface area contributed by atoms with Gasteiger partial charge in [0.25, 0.3) is 5.91 Å². The maximum atomic E-state index is 11.7. The first-order valence-corrected chi connectivity index (χ1v) is 6.98. The van der Waals surface area contributed by atoms with Crippen LogP contribution in [-0.4, -0.2) is 25.1 Å². The predicted octanol–water partition coefficient (Wildman–Crippen LogP) is 2.46. The standard InChI is InChI=1S/C14H21BrN2O2/c1-14(2,3)17-13(18)9-19-12-6-5-10(8-16-4)7-11(12)15/h5-7,16H,8-9H2,1-4H3,(H,17,18). The molecule has 1 aromatic rings. The molecule has 19 heavy (non-hydrogen) atoms. The summed E-state index contributed by atoms with van der Waals surface area (Å²) in [4.78, 5) is 11.7. The minimum absolute atomic E-state index is 0.0151. The summed E-state index contributed by atoms with van der Waals surface area (Å²) in [5.41, 5.74) is 0.912. The molecule has 0 unspecified atom stereocenters. The highest BCUT2D eigenvalue weighted by atomic mass is 79.9. The van der Waals surface area contributed by atoms with Crippen molar-refractivity contribution in [2.45, 2.75) is 32.9 Å². The van der Waals surface area contributed by atoms with Crippen molar-refractivity contribution < 1.29 is 9.53 Å². The van der Waals surface area contributed by atoms with Gasteiger partial charge in [-0.05, 0) is 61.4 Å². The van der Waals surface area contributed by atoms with Crippen LogP contribution in [0.15, 0.2) is 22.7 Å². The number of hydrogen-bond acceptors (Lipinski definition) is 3. The van der Waals surface area contributed by atoms with Crippen LogP contribution in [0.2, 0.25) is 0 Å². The Morgan fingerprint density at radius 3 is 2.58 bits per heavy atom. The molecular weight excluding hydrogens is 308 g/mol. The molecule has 0 aliphatic carbocycles. The van der Waals surface area contributed by atoms with E-state index in [2.05, 4.69) is 26.6 Å². The lowest BCUT2D eigenvalue weighted by molar-refractivity contribution is -0.124. The Labute approximate surface area is 123 Å². The number of hydrogen-bond donors (Lipinski definition) is 2. The molecule has 2 N–H and O–H groups in total. The highest BCUT2D eigenvalue weighted by molar-refractivity contribution is 9.10. The van der Waals surface area contributed by atoms with Crippen molar-refractivity contribution in [2.75, 3.05) is 13.7 Å². The van der Waals surface area contributed by atoms with E-state index in [4.69, 9.17) is 4.74 Å². The molecule has 0 spiro atoms. The number of rotatable bonds is 5. The number of carbonyl (C=O) groups excluding carboxylic acids is 1. The second-order valence-corrected chi connectivity index (χ2v) is 6.24. The van der Waals surface area contributed by atoms with Gasteiger partial charge in [-0.1, -0.05) is 6.07 Å². The molecule has 1 aromatic carbocycles. The van der Waals surface area contributed by atoms with E-state index in [0.29, 0.717) is 5.75 Å². The molecule has 0 aliphatic heterocycles. The Hall–Kier alpha value is -1.07. The molecule has 0 fully saturated rings. The third kappa shape index (κ3) is 6.07. The minimum atomic E-state index is -0.242. The number of benzene rings is 1. The molecule has 0 saturated carbocycles. The van der Waals surface area contributed by atoms with Crippen molar-refractivity contribution in [2.24, 2.45) is 0 Å². The summed E-state index contributed by atoms with van der Waals surface area (Å²) in [7, 11) is 1.90. The van der Waals surface area contributed by atoms with Crippen LogP contribution in [0.3, 0.4) is 0 Å². The SMILES string of the molecule is CNCc1ccc(OCC(=O)NC(C)(C)C)c(Br)c1. The van der Waals surface area contributed by atoms with Gasteiger partial charge in [0, 0.05) is 12.1 Å². The van der Waals surface area contributed by atoms with Crippen molar-refractivity contribution in [1.29, 1.82) is 0 Å². The van der Waals surface area contributed by atoms with Crippen molar-refractivity contribution in [3.8, 4) is 5.75 Å². The van der Waals surface area contributed by atoms with Crippen LogP contribution < -0.4 is 15.4 Å². The monoisotopic (exact) mass is 328 g/mol. The molecule has 0 saturated heterocycles. The van der Waals surface area contributed by atoms with Gasteiger partial charge in [-0.2, -0.15) is 0 Å². The molecule has 1 amide bonds. The molecule has 5 heteroatoms. The van der Waals surface area contributed by atoms with Crippen LogP contribution in [0.1, 0.15) is 26.3 Å². The molecule has 0 atom stereocenters. The van der Waals surface area contributed by atoms with Crippen LogP contribution >= 0.6 is 15.9 Å². The van der Waals surface area contributed by atoms with Gasteiger partial charge in [0.15, 0.2) is 6.61 Å². The lowest BCUT2D eigenvalue weighted by Crippen LogP contribution is -2.43. The summed E-state index contributed by atoms with van der Waals surface area (Å²) >= 11 is 3.44. The van der Waals surface area contributed by atoms with E-state index >= 15 is 0 Å². The van der Waals surface area contributed by atoms with Gasteiger partial charge >= 0.3 is 0 Å². The number of halogens is 1. The number of nitrogens with one attached hydrogen (secondary N) is 2. The van der Waals surface area contributed by atoms with E-state index in [0.717, 1.165) is 16.6 Å². The van der Waals surface area contributed by atoms with Crippen LogP contribution in [-0.2, 0) is 11.3 Å². The first-order valence-electron chi connectivity index (χ1n) is 6.18. The van der Waals surface area contributed by atoms with Crippen LogP contribution in [0, 0.1) is 0 Å². The molecule has 4 nitrogen and oxygen atoms in total. The van der Waals surface area contributed by atoms with E-state index in [-0.39, 0.29) is 18.1 Å². The zero-order chi connectivity index (χ0) is 14.5. The van der Waals surface area contributed by atoms with Crippen LogP contribution in [0.25, 0.3) is 0 Å². The lowest BCUT2D eigenvalue weighted by Gasteiger charge is -2.20. The third-order valence-electron chi connectivity index (χ3n) is 2.25. The summed E-state index contributed by atoms with van der Waals surface area (Å²) in [6.45, 7) is 6.62. The molecule has 0 bridgehead atoms. The quantitative estimate of drug-likeness (QED) is 0.872. The normalized spacial score (nSPS) is 11.2. The Kier molecular flexibility index (Phi) is 5.82. The molecule has 0 aromatic heterocycles. The zero-order valence-electron chi connectivity index (χ0n) is 11.8. The Morgan fingerprint density at radius 1 is 1.37 bits per heavy atom. The second-order valence-electron chi connectivity index (χ2n) is 5.38. The van der Waals surface area contributed by atoms with E-state index in [1.165, 1.54) is 0 Å². The Morgan fingerprint density at radius 2 is 2.05 bits per heavy atom. The van der Waals surface area contributed by atoms with Gasteiger partial charge in [0.05, 0.1) is 4.47 Å². The summed E-state index contributed by atoms with van der Waals surface area (Å²) in [5, 5.41) is 5.93. The van der Waals surface area contributed by atoms with Crippen LogP contribution in [0.4, 0.5) is 0 Å². The molecular formula is C14H21BrN2O2. The highest BCUT2D eigenvalue weighted by Gasteiger charge is 2.14. The second kappa shape index (κ2) is 6.91. The zero-order valence-corrected chi connectivity index (χ0v) is 13.4. The van der Waals surface area contributed by atoms with Gasteiger partial charge in [0.1, 0.15) is 5.75 Å². The van der Waals surface area contributed by atoms with E-state index < -0.39 is 0 Å². The first kappa shape index (κ1) is 16.0. The summed E-state index contributed by atoms with van der Waals surface area (Å²) in [6, 6.07) is 5.81. The average molecular weight is 329 g/mol. The predicted molar refractivity (Wildman–Crippen MR) is 80.3 cm³/mol. The number of amides is 1. The first-order chi connectivity index (χ1) is 8.81. The van der Waals surface area contributed by atoms with Crippen LogP contribution in [0.5, 0.6) is 5.75 Å². The Bertz CT molecular complexity index is 442. The maximum Gasteiger partial charge on any atom is 0.258 e. The van der Waals surface area contributed by atoms with E-state index in [9.17, 15) is 4.79 Å². The fourth-order valence-electron chi connectivity index (χ4n) is 1.57. The number of carbonyl (C=O) groups is 1. The average Bonchev–Trinajstić information content (AvgIpc) is 2.26.